The first-order valence-corrected chi connectivity index (χ1v) is 17.9. The van der Waals surface area contributed by atoms with Crippen molar-refractivity contribution in [2.45, 2.75) is 6.17 Å². The number of nitrogens with zero attached hydrogens (tertiary/aromatic N) is 3. The number of thiophene rings is 1. The lowest BCUT2D eigenvalue weighted by Gasteiger charge is -2.23. The number of aromatic nitrogens is 1. The van der Waals surface area contributed by atoms with Gasteiger partial charge in [0, 0.05) is 64.6 Å². The first-order chi connectivity index (χ1) is 25.3. The molecule has 0 fully saturated rings. The molecule has 7 aromatic carbocycles. The third-order valence-electron chi connectivity index (χ3n) is 10.1. The van der Waals surface area contributed by atoms with Gasteiger partial charge in [0.15, 0.2) is 5.84 Å². The van der Waals surface area contributed by atoms with Crippen molar-refractivity contribution in [2.75, 3.05) is 0 Å². The Morgan fingerprint density at radius 2 is 1.27 bits per heavy atom. The molecule has 1 aliphatic heterocycles. The third kappa shape index (κ3) is 4.40. The van der Waals surface area contributed by atoms with Gasteiger partial charge in [0.2, 0.25) is 0 Å². The Balaban J connectivity index is 1.08. The van der Waals surface area contributed by atoms with Gasteiger partial charge in [0.25, 0.3) is 0 Å². The predicted molar refractivity (Wildman–Crippen MR) is 213 cm³/mol. The standard InChI is InChI=1S/C45H28N4OS/c1-3-11-27(12-4-1)43-46-44(28-13-5-2-6-14-28)48-45(47-43)29-19-21-32-33-22-20-30(26-38(33)50-37(32)25-29)49-36-17-9-7-15-31(36)34-23-24-40-41(42(34)49)35-16-8-10-18-39(35)51-40/h1-26,43H,(H,46,47,48). The zero-order valence-electron chi connectivity index (χ0n) is 27.2. The van der Waals surface area contributed by atoms with Gasteiger partial charge >= 0.3 is 0 Å². The molecule has 0 bridgehead atoms. The van der Waals surface area contributed by atoms with Crippen molar-refractivity contribution in [1.29, 1.82) is 0 Å². The molecule has 5 nitrogen and oxygen atoms in total. The highest BCUT2D eigenvalue weighted by Gasteiger charge is 2.22. The SMILES string of the molecule is c1ccc(C2=NC(c3ccc4c(c3)oc3cc(-n5c6ccccc6c6ccc7sc8ccccc8c7c65)ccc34)=NC(c3ccccc3)N2)cc1. The van der Waals surface area contributed by atoms with Gasteiger partial charge in [-0.15, -0.1) is 11.3 Å². The van der Waals surface area contributed by atoms with E-state index in [1.54, 1.807) is 0 Å². The summed E-state index contributed by atoms with van der Waals surface area (Å²) in [5.41, 5.74) is 8.13. The lowest BCUT2D eigenvalue weighted by molar-refractivity contribution is 0.667. The molecule has 1 aliphatic rings. The fraction of sp³-hybridized carbons (Fsp3) is 0.0222. The van der Waals surface area contributed by atoms with Crippen LogP contribution in [-0.4, -0.2) is 16.2 Å². The number of para-hydroxylation sites is 1. The Kier molecular flexibility index (Phi) is 6.12. The van der Waals surface area contributed by atoms with Crippen LogP contribution in [0, 0.1) is 0 Å². The molecule has 1 atom stereocenters. The van der Waals surface area contributed by atoms with Crippen LogP contribution in [0.2, 0.25) is 0 Å². The number of hydrogen-bond acceptors (Lipinski definition) is 5. The molecule has 0 saturated carbocycles. The van der Waals surface area contributed by atoms with Crippen LogP contribution in [-0.2, 0) is 0 Å². The van der Waals surface area contributed by atoms with E-state index < -0.39 is 0 Å². The van der Waals surface area contributed by atoms with Crippen LogP contribution in [0.1, 0.15) is 22.9 Å². The molecule has 11 rings (SSSR count). The summed E-state index contributed by atoms with van der Waals surface area (Å²) in [5, 5.41) is 10.8. The Bertz CT molecular complexity index is 3060. The number of rotatable bonds is 4. The van der Waals surface area contributed by atoms with Crippen LogP contribution in [0.5, 0.6) is 0 Å². The molecule has 10 aromatic rings. The van der Waals surface area contributed by atoms with E-state index in [-0.39, 0.29) is 6.17 Å². The van der Waals surface area contributed by atoms with E-state index in [4.69, 9.17) is 14.4 Å². The van der Waals surface area contributed by atoms with E-state index in [1.807, 2.05) is 47.7 Å². The molecule has 1 unspecified atom stereocenters. The van der Waals surface area contributed by atoms with Crippen molar-refractivity contribution in [3.63, 3.8) is 0 Å². The Hall–Kier alpha value is -6.50. The van der Waals surface area contributed by atoms with Crippen LogP contribution in [0.15, 0.2) is 172 Å². The lowest BCUT2D eigenvalue weighted by atomic mass is 10.1. The van der Waals surface area contributed by atoms with Gasteiger partial charge in [-0.3, -0.25) is 0 Å². The second-order valence-corrected chi connectivity index (χ2v) is 14.1. The van der Waals surface area contributed by atoms with Crippen molar-refractivity contribution in [3.05, 3.63) is 174 Å². The Morgan fingerprint density at radius 3 is 2.14 bits per heavy atom. The van der Waals surface area contributed by atoms with Crippen molar-refractivity contribution in [1.82, 2.24) is 9.88 Å². The minimum absolute atomic E-state index is 0.263. The number of hydrogen-bond donors (Lipinski definition) is 1. The van der Waals surface area contributed by atoms with Gasteiger partial charge in [0.05, 0.1) is 11.0 Å². The predicted octanol–water partition coefficient (Wildman–Crippen LogP) is 11.5. The summed E-state index contributed by atoms with van der Waals surface area (Å²) in [7, 11) is 0. The summed E-state index contributed by atoms with van der Waals surface area (Å²) in [5.74, 6) is 1.46. The highest BCUT2D eigenvalue weighted by molar-refractivity contribution is 7.26. The molecular weight excluding hydrogens is 645 g/mol. The molecule has 6 heteroatoms. The van der Waals surface area contributed by atoms with Crippen molar-refractivity contribution < 1.29 is 4.42 Å². The van der Waals surface area contributed by atoms with Gasteiger partial charge < -0.3 is 14.3 Å². The van der Waals surface area contributed by atoms with E-state index in [2.05, 4.69) is 131 Å². The van der Waals surface area contributed by atoms with E-state index in [0.717, 1.165) is 50.2 Å². The van der Waals surface area contributed by atoms with Gasteiger partial charge in [-0.25, -0.2) is 9.98 Å². The van der Waals surface area contributed by atoms with Crippen molar-refractivity contribution in [2.24, 2.45) is 9.98 Å². The summed E-state index contributed by atoms with van der Waals surface area (Å²) in [4.78, 5) is 10.1. The van der Waals surface area contributed by atoms with Gasteiger partial charge in [-0.05, 0) is 48.0 Å². The molecule has 0 aliphatic carbocycles. The summed E-state index contributed by atoms with van der Waals surface area (Å²) in [6.45, 7) is 0. The normalized spacial score (nSPS) is 14.9. The largest absolute Gasteiger partial charge is 0.456 e. The number of furan rings is 1. The topological polar surface area (TPSA) is 54.8 Å². The Morgan fingerprint density at radius 1 is 0.569 bits per heavy atom. The fourth-order valence-corrected chi connectivity index (χ4v) is 8.81. The smallest absolute Gasteiger partial charge is 0.159 e. The average Bonchev–Trinajstić information content (AvgIpc) is 3.87. The number of amidine groups is 2. The molecule has 240 valence electrons. The molecule has 3 aromatic heterocycles. The average molecular weight is 673 g/mol. The quantitative estimate of drug-likeness (QED) is 0.202. The molecule has 0 saturated heterocycles. The Labute approximate surface area is 296 Å². The maximum absolute atomic E-state index is 6.68. The zero-order valence-corrected chi connectivity index (χ0v) is 28.1. The monoisotopic (exact) mass is 672 g/mol. The third-order valence-corrected chi connectivity index (χ3v) is 11.2. The van der Waals surface area contributed by atoms with E-state index in [0.29, 0.717) is 5.84 Å². The number of fused-ring (bicyclic) bond motifs is 10. The molecule has 0 spiro atoms. The molecule has 1 N–H and O–H groups in total. The van der Waals surface area contributed by atoms with E-state index in [1.165, 1.54) is 42.0 Å². The van der Waals surface area contributed by atoms with Crippen molar-refractivity contribution >= 4 is 86.9 Å². The summed E-state index contributed by atoms with van der Waals surface area (Å²) in [6, 6.07) is 55.4. The summed E-state index contributed by atoms with van der Waals surface area (Å²) in [6.07, 6.45) is -0.263. The van der Waals surface area contributed by atoms with Crippen molar-refractivity contribution in [3.8, 4) is 5.69 Å². The van der Waals surface area contributed by atoms with Crippen LogP contribution < -0.4 is 5.32 Å². The number of benzene rings is 7. The highest BCUT2D eigenvalue weighted by atomic mass is 32.1. The molecule has 0 radical (unpaired) electrons. The lowest BCUT2D eigenvalue weighted by Crippen LogP contribution is -2.33. The zero-order chi connectivity index (χ0) is 33.5. The molecule has 51 heavy (non-hydrogen) atoms. The summed E-state index contributed by atoms with van der Waals surface area (Å²) >= 11 is 1.85. The minimum Gasteiger partial charge on any atom is -0.456 e. The maximum Gasteiger partial charge on any atom is 0.159 e. The minimum atomic E-state index is -0.263. The van der Waals surface area contributed by atoms with Crippen LogP contribution in [0.3, 0.4) is 0 Å². The highest BCUT2D eigenvalue weighted by Crippen LogP contribution is 2.43. The van der Waals surface area contributed by atoms with Crippen LogP contribution in [0.25, 0.3) is 69.6 Å². The van der Waals surface area contributed by atoms with Gasteiger partial charge in [0.1, 0.15) is 23.2 Å². The van der Waals surface area contributed by atoms with E-state index >= 15 is 0 Å². The van der Waals surface area contributed by atoms with E-state index in [9.17, 15) is 0 Å². The fourth-order valence-electron chi connectivity index (χ4n) is 7.70. The molecule has 0 amide bonds. The van der Waals surface area contributed by atoms with Crippen LogP contribution in [0.4, 0.5) is 0 Å². The van der Waals surface area contributed by atoms with Gasteiger partial charge in [-0.2, -0.15) is 0 Å². The number of nitrogens with one attached hydrogen (secondary N) is 1. The first kappa shape index (κ1) is 28.3. The second kappa shape index (κ2) is 11.0. The second-order valence-electron chi connectivity index (χ2n) is 13.0. The summed E-state index contributed by atoms with van der Waals surface area (Å²) < 4.78 is 11.7. The molecular formula is C45H28N4OS. The molecule has 4 heterocycles. The maximum atomic E-state index is 6.68. The number of aliphatic imine (C=N–C) groups is 2. The van der Waals surface area contributed by atoms with Gasteiger partial charge in [-0.1, -0.05) is 109 Å². The van der Waals surface area contributed by atoms with Crippen LogP contribution >= 0.6 is 11.3 Å². The first-order valence-electron chi connectivity index (χ1n) is 17.1.